The van der Waals surface area contributed by atoms with Gasteiger partial charge in [-0.15, -0.1) is 11.3 Å². The number of likely N-dealkylation sites (tertiary alicyclic amines) is 1. The molecule has 4 heterocycles. The smallest absolute Gasteiger partial charge is 0.408 e. The molecule has 2 aliphatic heterocycles. The molecular weight excluding hydrogens is 516 g/mol. The van der Waals surface area contributed by atoms with Crippen molar-refractivity contribution in [2.45, 2.75) is 83.6 Å². The summed E-state index contributed by atoms with van der Waals surface area (Å²) in [7, 11) is 0. The van der Waals surface area contributed by atoms with Crippen LogP contribution < -0.4 is 5.32 Å². The number of rotatable bonds is 5. The minimum Gasteiger partial charge on any atom is -0.444 e. The maximum absolute atomic E-state index is 13.2. The zero-order valence-corrected chi connectivity index (χ0v) is 24.0. The molecule has 208 valence electrons. The Morgan fingerprint density at radius 3 is 2.69 bits per heavy atom. The third-order valence-electron chi connectivity index (χ3n) is 7.71. The number of nitrogens with one attached hydrogen (secondary N) is 1. The van der Waals surface area contributed by atoms with Gasteiger partial charge in [0.15, 0.2) is 10.8 Å². The Balaban J connectivity index is 1.13. The number of thiazole rings is 1. The predicted octanol–water partition coefficient (Wildman–Crippen LogP) is 4.15. The third kappa shape index (κ3) is 5.02. The zero-order chi connectivity index (χ0) is 27.5. The van der Waals surface area contributed by atoms with Crippen molar-refractivity contribution in [2.24, 2.45) is 5.92 Å². The molecule has 2 aromatic heterocycles. The van der Waals surface area contributed by atoms with E-state index in [9.17, 15) is 9.59 Å². The van der Waals surface area contributed by atoms with Crippen LogP contribution >= 0.6 is 11.3 Å². The fourth-order valence-electron chi connectivity index (χ4n) is 5.49. The molecule has 0 radical (unpaired) electrons. The van der Waals surface area contributed by atoms with Crippen LogP contribution in [0.3, 0.4) is 0 Å². The lowest BCUT2D eigenvalue weighted by Gasteiger charge is -2.43. The van der Waals surface area contributed by atoms with Gasteiger partial charge in [0.05, 0.1) is 18.4 Å². The summed E-state index contributed by atoms with van der Waals surface area (Å²) >= 11 is 1.68. The molecule has 39 heavy (non-hydrogen) atoms. The van der Waals surface area contributed by atoms with E-state index in [4.69, 9.17) is 14.5 Å². The van der Waals surface area contributed by atoms with Crippen LogP contribution in [-0.4, -0.2) is 73.6 Å². The number of hydrogen-bond donors (Lipinski definition) is 1. The molecule has 1 saturated heterocycles. The van der Waals surface area contributed by atoms with Crippen LogP contribution in [0.2, 0.25) is 0 Å². The molecule has 0 aromatic carbocycles. The lowest BCUT2D eigenvalue weighted by atomic mass is 9.82. The van der Waals surface area contributed by atoms with Crippen LogP contribution in [-0.2, 0) is 20.7 Å². The number of alkyl carbamates (subject to hydrolysis) is 1. The monoisotopic (exact) mass is 552 g/mol. The van der Waals surface area contributed by atoms with Crippen LogP contribution in [0.4, 0.5) is 4.79 Å². The standard InChI is InChI=1S/C28H36N6O4S/c1-16(2)34-23(29-15-30-34)24-31-22-19-7-6-17(12-20(19)37-11-8-21(22)39-24)18-13-33(14-18)25(35)28(9-10-28)32-26(36)38-27(3,4)5/h6-7,15-16,18,20H,8-14H2,1-5H3,(H,32,36). The summed E-state index contributed by atoms with van der Waals surface area (Å²) < 4.78 is 13.6. The highest BCUT2D eigenvalue weighted by Gasteiger charge is 2.55. The Bertz CT molecular complexity index is 1360. The molecule has 0 spiro atoms. The van der Waals surface area contributed by atoms with Crippen molar-refractivity contribution in [3.63, 3.8) is 0 Å². The number of amides is 2. The number of fused-ring (bicyclic) bond motifs is 3. The number of carbonyl (C=O) groups excluding carboxylic acids is 2. The number of allylic oxidation sites excluding steroid dienone is 2. The topological polar surface area (TPSA) is 111 Å². The maximum atomic E-state index is 13.2. The van der Waals surface area contributed by atoms with Gasteiger partial charge < -0.3 is 19.7 Å². The number of nitrogens with zero attached hydrogens (tertiary/aromatic N) is 5. The molecule has 1 N–H and O–H groups in total. The van der Waals surface area contributed by atoms with Crippen molar-refractivity contribution >= 4 is 28.9 Å². The minimum atomic E-state index is -0.801. The average molecular weight is 553 g/mol. The average Bonchev–Trinajstić information content (AvgIpc) is 3.29. The van der Waals surface area contributed by atoms with Gasteiger partial charge in [0.25, 0.3) is 0 Å². The highest BCUT2D eigenvalue weighted by molar-refractivity contribution is 7.15. The summed E-state index contributed by atoms with van der Waals surface area (Å²) in [5.74, 6) is 1.10. The first-order valence-electron chi connectivity index (χ1n) is 13.8. The molecule has 1 atom stereocenters. The predicted molar refractivity (Wildman–Crippen MR) is 147 cm³/mol. The second-order valence-corrected chi connectivity index (χ2v) is 13.3. The summed E-state index contributed by atoms with van der Waals surface area (Å²) in [4.78, 5) is 38.1. The maximum Gasteiger partial charge on any atom is 0.408 e. The van der Waals surface area contributed by atoms with Crippen molar-refractivity contribution in [3.05, 3.63) is 34.6 Å². The van der Waals surface area contributed by atoms with E-state index in [0.29, 0.717) is 38.5 Å². The van der Waals surface area contributed by atoms with Crippen molar-refractivity contribution in [3.8, 4) is 10.8 Å². The van der Waals surface area contributed by atoms with E-state index in [0.717, 1.165) is 34.9 Å². The molecule has 4 aliphatic rings. The Morgan fingerprint density at radius 2 is 2.00 bits per heavy atom. The molecule has 6 rings (SSSR count). The minimum absolute atomic E-state index is 0.00291. The number of ether oxygens (including phenoxy) is 2. The van der Waals surface area contributed by atoms with Crippen LogP contribution in [0.5, 0.6) is 0 Å². The Morgan fingerprint density at radius 1 is 1.23 bits per heavy atom. The van der Waals surface area contributed by atoms with Crippen molar-refractivity contribution in [1.82, 2.24) is 30.0 Å². The van der Waals surface area contributed by atoms with Crippen LogP contribution in [0.15, 0.2) is 24.1 Å². The van der Waals surface area contributed by atoms with E-state index in [2.05, 4.69) is 41.4 Å². The summed E-state index contributed by atoms with van der Waals surface area (Å²) in [5.41, 5.74) is 2.04. The molecule has 2 aromatic rings. The summed E-state index contributed by atoms with van der Waals surface area (Å²) in [6.07, 6.45) is 8.30. The Kier molecular flexibility index (Phi) is 6.41. The van der Waals surface area contributed by atoms with Gasteiger partial charge in [-0.25, -0.2) is 19.4 Å². The van der Waals surface area contributed by atoms with E-state index in [1.165, 1.54) is 10.5 Å². The molecule has 0 bridgehead atoms. The van der Waals surface area contributed by atoms with Gasteiger partial charge in [-0.1, -0.05) is 17.7 Å². The molecule has 2 amide bonds. The summed E-state index contributed by atoms with van der Waals surface area (Å²) in [6.45, 7) is 11.6. The van der Waals surface area contributed by atoms with Gasteiger partial charge in [-0.2, -0.15) is 5.10 Å². The fourth-order valence-corrected chi connectivity index (χ4v) is 6.55. The first kappa shape index (κ1) is 26.2. The van der Waals surface area contributed by atoms with Crippen molar-refractivity contribution < 1.29 is 19.1 Å². The Labute approximate surface area is 232 Å². The van der Waals surface area contributed by atoms with E-state index < -0.39 is 17.2 Å². The fraction of sp³-hybridized carbons (Fsp3) is 0.607. The van der Waals surface area contributed by atoms with Crippen LogP contribution in [0.1, 0.15) is 70.5 Å². The summed E-state index contributed by atoms with van der Waals surface area (Å²) in [5, 5.41) is 8.10. The molecule has 2 fully saturated rings. The lowest BCUT2D eigenvalue weighted by molar-refractivity contribution is -0.140. The number of carbonyl (C=O) groups is 2. The third-order valence-corrected chi connectivity index (χ3v) is 8.82. The van der Waals surface area contributed by atoms with Crippen molar-refractivity contribution in [2.75, 3.05) is 19.7 Å². The van der Waals surface area contributed by atoms with Crippen LogP contribution in [0.25, 0.3) is 16.4 Å². The van der Waals surface area contributed by atoms with Gasteiger partial charge in [0, 0.05) is 41.9 Å². The molecule has 2 aliphatic carbocycles. The molecular formula is C28H36N6O4S. The quantitative estimate of drug-likeness (QED) is 0.593. The largest absolute Gasteiger partial charge is 0.444 e. The van der Waals surface area contributed by atoms with E-state index >= 15 is 0 Å². The zero-order valence-electron chi connectivity index (χ0n) is 23.2. The summed E-state index contributed by atoms with van der Waals surface area (Å²) in [6, 6.07) is 0.207. The highest BCUT2D eigenvalue weighted by atomic mass is 32.1. The van der Waals surface area contributed by atoms with Gasteiger partial charge >= 0.3 is 6.09 Å². The van der Waals surface area contributed by atoms with Gasteiger partial charge in [-0.3, -0.25) is 4.79 Å². The number of hydrogen-bond acceptors (Lipinski definition) is 8. The van der Waals surface area contributed by atoms with Gasteiger partial charge in [0.1, 0.15) is 17.5 Å². The van der Waals surface area contributed by atoms with E-state index in [1.54, 1.807) is 17.7 Å². The first-order valence-corrected chi connectivity index (χ1v) is 14.6. The lowest BCUT2D eigenvalue weighted by Crippen LogP contribution is -2.59. The number of aromatic nitrogens is 4. The second kappa shape index (κ2) is 9.55. The van der Waals surface area contributed by atoms with E-state index in [-0.39, 0.29) is 18.1 Å². The SMILES string of the molecule is CC(C)n1ncnc1-c1nc2c(s1)CCOC1CC(C3CN(C(=O)C4(NC(=O)OC(C)(C)C)CC4)C3)=CC=C21. The second-order valence-electron chi connectivity index (χ2n) is 12.2. The first-order chi connectivity index (χ1) is 18.5. The Hall–Kier alpha value is -3.05. The highest BCUT2D eigenvalue weighted by Crippen LogP contribution is 2.43. The molecule has 10 nitrogen and oxygen atoms in total. The molecule has 1 saturated carbocycles. The normalized spacial score (nSPS) is 22.2. The van der Waals surface area contributed by atoms with Gasteiger partial charge in [0.2, 0.25) is 5.91 Å². The van der Waals surface area contributed by atoms with Gasteiger partial charge in [-0.05, 0) is 53.9 Å². The molecule has 1 unspecified atom stereocenters. The van der Waals surface area contributed by atoms with Crippen LogP contribution in [0, 0.1) is 5.92 Å². The molecule has 11 heteroatoms. The van der Waals surface area contributed by atoms with E-state index in [1.807, 2.05) is 30.4 Å². The van der Waals surface area contributed by atoms with Crippen molar-refractivity contribution in [1.29, 1.82) is 0 Å².